The Bertz CT molecular complexity index is 1020. The molecule has 2 heterocycles. The number of hydrogen-bond acceptors (Lipinski definition) is 6. The Balaban J connectivity index is 1.83. The number of benzene rings is 1. The number of hydrogen-bond donors (Lipinski definition) is 0. The van der Waals surface area contributed by atoms with E-state index in [9.17, 15) is 0 Å². The van der Waals surface area contributed by atoms with Gasteiger partial charge in [0.1, 0.15) is 6.33 Å². The molecule has 0 N–H and O–H groups in total. The first kappa shape index (κ1) is 19.3. The van der Waals surface area contributed by atoms with Crippen molar-refractivity contribution in [1.82, 2.24) is 24.7 Å². The standard InChI is InChI=1S/C20H24N8/c1-5-26(10-6-9-21)19-8-7-18(15(2)11-19)13-23-27-14-22-24-20(27)28-17(4)12-16(3)25-28/h7-8,11-14H,5-6,10H2,1-4H3/b23-13-. The van der Waals surface area contributed by atoms with Crippen LogP contribution >= 0.6 is 0 Å². The van der Waals surface area contributed by atoms with E-state index >= 15 is 0 Å². The SMILES string of the molecule is CCN(CCC#N)c1ccc(/C=N\n2cnnc2-n2nc(C)cc2C)c(C)c1. The lowest BCUT2D eigenvalue weighted by Crippen LogP contribution is -2.23. The largest absolute Gasteiger partial charge is 0.371 e. The third kappa shape index (κ3) is 4.09. The van der Waals surface area contributed by atoms with Gasteiger partial charge >= 0.3 is 0 Å². The highest BCUT2D eigenvalue weighted by Crippen LogP contribution is 2.19. The molecule has 3 rings (SSSR count). The van der Waals surface area contributed by atoms with Crippen LogP contribution in [0.1, 0.15) is 35.9 Å². The van der Waals surface area contributed by atoms with Crippen molar-refractivity contribution in [1.29, 1.82) is 5.26 Å². The van der Waals surface area contributed by atoms with Crippen LogP contribution in [0.4, 0.5) is 5.69 Å². The molecule has 0 fully saturated rings. The molecule has 2 aromatic heterocycles. The Labute approximate surface area is 164 Å². The van der Waals surface area contributed by atoms with Crippen molar-refractivity contribution in [2.45, 2.75) is 34.1 Å². The third-order valence-electron chi connectivity index (χ3n) is 4.53. The summed E-state index contributed by atoms with van der Waals surface area (Å²) in [7, 11) is 0. The maximum Gasteiger partial charge on any atom is 0.273 e. The summed E-state index contributed by atoms with van der Waals surface area (Å²) in [5, 5.41) is 25.9. The van der Waals surface area contributed by atoms with Gasteiger partial charge in [-0.05, 0) is 57.0 Å². The number of nitriles is 1. The van der Waals surface area contributed by atoms with Crippen LogP contribution in [-0.2, 0) is 0 Å². The smallest absolute Gasteiger partial charge is 0.273 e. The second-order valence-electron chi connectivity index (χ2n) is 6.59. The van der Waals surface area contributed by atoms with Crippen LogP contribution < -0.4 is 4.90 Å². The summed E-state index contributed by atoms with van der Waals surface area (Å²) in [5.74, 6) is 0.546. The Kier molecular flexibility index (Phi) is 5.84. The van der Waals surface area contributed by atoms with E-state index in [1.165, 1.54) is 0 Å². The first-order valence-corrected chi connectivity index (χ1v) is 9.24. The van der Waals surface area contributed by atoms with Crippen LogP contribution in [0.3, 0.4) is 0 Å². The molecule has 28 heavy (non-hydrogen) atoms. The molecule has 0 aliphatic rings. The Morgan fingerprint density at radius 1 is 1.25 bits per heavy atom. The van der Waals surface area contributed by atoms with Crippen molar-refractivity contribution in [3.05, 3.63) is 53.1 Å². The number of aryl methyl sites for hydroxylation is 3. The fourth-order valence-corrected chi connectivity index (χ4v) is 3.06. The van der Waals surface area contributed by atoms with Crippen LogP contribution in [0.15, 0.2) is 35.7 Å². The minimum atomic E-state index is 0.513. The fourth-order valence-electron chi connectivity index (χ4n) is 3.06. The summed E-state index contributed by atoms with van der Waals surface area (Å²) < 4.78 is 3.34. The zero-order valence-electron chi connectivity index (χ0n) is 16.7. The first-order valence-electron chi connectivity index (χ1n) is 9.24. The molecule has 0 radical (unpaired) electrons. The molecular formula is C20H24N8. The third-order valence-corrected chi connectivity index (χ3v) is 4.53. The average Bonchev–Trinajstić information content (AvgIpc) is 3.27. The molecule has 0 spiro atoms. The number of anilines is 1. The van der Waals surface area contributed by atoms with Crippen molar-refractivity contribution in [2.75, 3.05) is 18.0 Å². The van der Waals surface area contributed by atoms with Gasteiger partial charge < -0.3 is 4.90 Å². The van der Waals surface area contributed by atoms with Gasteiger partial charge in [0.25, 0.3) is 5.95 Å². The summed E-state index contributed by atoms with van der Waals surface area (Å²) >= 11 is 0. The van der Waals surface area contributed by atoms with Crippen molar-refractivity contribution in [3.63, 3.8) is 0 Å². The Morgan fingerprint density at radius 3 is 2.71 bits per heavy atom. The molecule has 8 nitrogen and oxygen atoms in total. The zero-order chi connectivity index (χ0) is 20.1. The van der Waals surface area contributed by atoms with E-state index in [0.717, 1.165) is 41.3 Å². The second-order valence-corrected chi connectivity index (χ2v) is 6.59. The molecule has 0 saturated heterocycles. The van der Waals surface area contributed by atoms with Crippen molar-refractivity contribution < 1.29 is 0 Å². The number of rotatable bonds is 7. The van der Waals surface area contributed by atoms with E-state index in [1.807, 2.05) is 26.0 Å². The predicted molar refractivity (Wildman–Crippen MR) is 109 cm³/mol. The molecule has 0 unspecified atom stereocenters. The molecule has 0 aliphatic carbocycles. The number of nitrogens with zero attached hydrogens (tertiary/aromatic N) is 8. The van der Waals surface area contributed by atoms with E-state index in [2.05, 4.69) is 57.3 Å². The van der Waals surface area contributed by atoms with Gasteiger partial charge in [-0.15, -0.1) is 10.2 Å². The first-order chi connectivity index (χ1) is 13.5. The summed E-state index contributed by atoms with van der Waals surface area (Å²) in [6.07, 6.45) is 3.87. The van der Waals surface area contributed by atoms with Crippen LogP contribution in [0.5, 0.6) is 0 Å². The van der Waals surface area contributed by atoms with Crippen LogP contribution in [0.25, 0.3) is 5.95 Å². The molecule has 3 aromatic rings. The maximum absolute atomic E-state index is 8.83. The number of aromatic nitrogens is 5. The molecule has 0 saturated carbocycles. The summed E-state index contributed by atoms with van der Waals surface area (Å²) in [5.41, 5.74) is 5.12. The van der Waals surface area contributed by atoms with E-state index in [0.29, 0.717) is 12.4 Å². The van der Waals surface area contributed by atoms with Crippen molar-refractivity contribution >= 4 is 11.9 Å². The fraction of sp³-hybridized carbons (Fsp3) is 0.350. The Morgan fingerprint density at radius 2 is 2.07 bits per heavy atom. The lowest BCUT2D eigenvalue weighted by molar-refractivity contribution is 0.717. The van der Waals surface area contributed by atoms with Gasteiger partial charge in [0.2, 0.25) is 0 Å². The van der Waals surface area contributed by atoms with Crippen molar-refractivity contribution in [3.8, 4) is 12.0 Å². The van der Waals surface area contributed by atoms with E-state index in [-0.39, 0.29) is 0 Å². The highest BCUT2D eigenvalue weighted by Gasteiger charge is 2.11. The van der Waals surface area contributed by atoms with Crippen molar-refractivity contribution in [2.24, 2.45) is 5.10 Å². The summed E-state index contributed by atoms with van der Waals surface area (Å²) in [6.45, 7) is 9.64. The summed E-state index contributed by atoms with van der Waals surface area (Å²) in [6, 6.07) is 10.4. The van der Waals surface area contributed by atoms with Gasteiger partial charge in [-0.25, -0.2) is 4.68 Å². The monoisotopic (exact) mass is 376 g/mol. The minimum Gasteiger partial charge on any atom is -0.371 e. The Hall–Kier alpha value is -3.47. The van der Waals surface area contributed by atoms with Gasteiger partial charge in [-0.2, -0.15) is 20.1 Å². The van der Waals surface area contributed by atoms with Crippen LogP contribution in [0.2, 0.25) is 0 Å². The zero-order valence-corrected chi connectivity index (χ0v) is 16.7. The van der Waals surface area contributed by atoms with E-state index in [4.69, 9.17) is 5.26 Å². The maximum atomic E-state index is 8.83. The highest BCUT2D eigenvalue weighted by atomic mass is 15.5. The van der Waals surface area contributed by atoms with Gasteiger partial charge in [0.15, 0.2) is 0 Å². The molecule has 1 aromatic carbocycles. The molecule has 8 heteroatoms. The molecule has 0 amide bonds. The second kappa shape index (κ2) is 8.48. The van der Waals surface area contributed by atoms with Gasteiger partial charge in [-0.3, -0.25) is 0 Å². The van der Waals surface area contributed by atoms with Gasteiger partial charge in [0, 0.05) is 24.5 Å². The normalized spacial score (nSPS) is 11.1. The molecule has 0 bridgehead atoms. The van der Waals surface area contributed by atoms with Gasteiger partial charge in [-0.1, -0.05) is 6.07 Å². The quantitative estimate of drug-likeness (QED) is 0.592. The lowest BCUT2D eigenvalue weighted by Gasteiger charge is -2.22. The molecular weight excluding hydrogens is 352 g/mol. The van der Waals surface area contributed by atoms with Gasteiger partial charge in [0.05, 0.1) is 24.4 Å². The molecule has 0 aliphatic heterocycles. The minimum absolute atomic E-state index is 0.513. The molecule has 144 valence electrons. The van der Waals surface area contributed by atoms with E-state index in [1.54, 1.807) is 21.9 Å². The lowest BCUT2D eigenvalue weighted by atomic mass is 10.1. The molecule has 0 atom stereocenters. The van der Waals surface area contributed by atoms with Crippen LogP contribution in [-0.4, -0.2) is 44.0 Å². The summed E-state index contributed by atoms with van der Waals surface area (Å²) in [4.78, 5) is 2.19. The van der Waals surface area contributed by atoms with Crippen LogP contribution in [0, 0.1) is 32.1 Å². The predicted octanol–water partition coefficient (Wildman–Crippen LogP) is 3.01. The topological polar surface area (TPSA) is 87.9 Å². The van der Waals surface area contributed by atoms with E-state index < -0.39 is 0 Å². The highest BCUT2D eigenvalue weighted by molar-refractivity contribution is 5.82. The average molecular weight is 376 g/mol.